The molecule has 3 heterocycles. The van der Waals surface area contributed by atoms with Gasteiger partial charge in [0.05, 0.1) is 35.9 Å². The maximum atomic E-state index is 13.6. The molecule has 2 N–H and O–H groups in total. The predicted octanol–water partition coefficient (Wildman–Crippen LogP) is 1.94. The molecule has 0 radical (unpaired) electrons. The predicted molar refractivity (Wildman–Crippen MR) is 145 cm³/mol. The Kier molecular flexibility index (Phi) is 8.64. The summed E-state index contributed by atoms with van der Waals surface area (Å²) in [5.41, 5.74) is 1.31. The molecule has 12 heteroatoms. The number of ether oxygens (including phenoxy) is 4. The summed E-state index contributed by atoms with van der Waals surface area (Å²) in [6.45, 7) is 2.29. The number of thioether (sulfide) groups is 1. The monoisotopic (exact) mass is 554 g/mol. The molecule has 3 aromatic rings. The number of nitrogens with zero attached hydrogens (tertiary/aromatic N) is 2. The maximum absolute atomic E-state index is 13.6. The minimum atomic E-state index is -0.289. The highest BCUT2D eigenvalue weighted by atomic mass is 32.2. The lowest BCUT2D eigenvalue weighted by atomic mass is 10.1. The van der Waals surface area contributed by atoms with Crippen LogP contribution in [-0.2, 0) is 20.8 Å². The Morgan fingerprint density at radius 1 is 1.15 bits per heavy atom. The number of benzene rings is 2. The summed E-state index contributed by atoms with van der Waals surface area (Å²) in [6.07, 6.45) is 1.96. The quantitative estimate of drug-likeness (QED) is 0.207. The SMILES string of the molecule is COCCNC(=O)c1ccc2c(=O)n(Cc3ccc4c(c3)OCO4)c(SCC(=O)NC[C@@H]3CCCO3)nc2c1. The second-order valence-corrected chi connectivity index (χ2v) is 10.1. The van der Waals surface area contributed by atoms with E-state index in [4.69, 9.17) is 23.9 Å². The molecule has 0 aliphatic carbocycles. The van der Waals surface area contributed by atoms with Crippen LogP contribution in [0.2, 0.25) is 0 Å². The molecule has 5 rings (SSSR count). The van der Waals surface area contributed by atoms with Crippen LogP contribution in [0.15, 0.2) is 46.3 Å². The van der Waals surface area contributed by atoms with Crippen molar-refractivity contribution in [2.45, 2.75) is 30.6 Å². The van der Waals surface area contributed by atoms with E-state index in [1.54, 1.807) is 31.4 Å². The fraction of sp³-hybridized carbons (Fsp3) is 0.407. The Morgan fingerprint density at radius 2 is 2.03 bits per heavy atom. The standard InChI is InChI=1S/C27H30N4O7S/c1-35-10-8-28-25(33)18-5-6-20-21(12-18)30-27(39-15-24(32)29-13-19-3-2-9-36-19)31(26(20)34)14-17-4-7-22-23(11-17)38-16-37-22/h4-7,11-12,19H,2-3,8-10,13-16H2,1H3,(H,28,33)(H,29,32)/t19-/m0/s1. The Hall–Kier alpha value is -3.61. The summed E-state index contributed by atoms with van der Waals surface area (Å²) in [5.74, 6) is 0.870. The molecule has 0 saturated carbocycles. The summed E-state index contributed by atoms with van der Waals surface area (Å²) in [6, 6.07) is 10.3. The largest absolute Gasteiger partial charge is 0.454 e. The zero-order valence-corrected chi connectivity index (χ0v) is 22.4. The van der Waals surface area contributed by atoms with Gasteiger partial charge in [-0.3, -0.25) is 19.0 Å². The molecule has 2 aliphatic rings. The van der Waals surface area contributed by atoms with Crippen LogP contribution in [0.4, 0.5) is 0 Å². The van der Waals surface area contributed by atoms with Crippen LogP contribution in [-0.4, -0.2) is 73.4 Å². The summed E-state index contributed by atoms with van der Waals surface area (Å²) in [7, 11) is 1.56. The zero-order chi connectivity index (χ0) is 27.2. The summed E-state index contributed by atoms with van der Waals surface area (Å²) in [5, 5.41) is 6.41. The van der Waals surface area contributed by atoms with Gasteiger partial charge < -0.3 is 29.6 Å². The Bertz CT molecular complexity index is 1420. The van der Waals surface area contributed by atoms with Crippen LogP contribution < -0.4 is 25.7 Å². The van der Waals surface area contributed by atoms with Gasteiger partial charge in [-0.15, -0.1) is 0 Å². The molecular formula is C27H30N4O7S. The average molecular weight is 555 g/mol. The lowest BCUT2D eigenvalue weighted by Crippen LogP contribution is -2.33. The van der Waals surface area contributed by atoms with Gasteiger partial charge in [0.25, 0.3) is 11.5 Å². The number of carbonyl (C=O) groups is 2. The van der Waals surface area contributed by atoms with Gasteiger partial charge in [-0.1, -0.05) is 17.8 Å². The molecular weight excluding hydrogens is 524 g/mol. The van der Waals surface area contributed by atoms with E-state index in [1.165, 1.54) is 16.3 Å². The second kappa shape index (κ2) is 12.5. The van der Waals surface area contributed by atoms with E-state index in [0.29, 0.717) is 52.8 Å². The number of methoxy groups -OCH3 is 1. The van der Waals surface area contributed by atoms with E-state index >= 15 is 0 Å². The molecule has 39 heavy (non-hydrogen) atoms. The third-order valence-corrected chi connectivity index (χ3v) is 7.41. The van der Waals surface area contributed by atoms with Crippen molar-refractivity contribution in [3.63, 3.8) is 0 Å². The van der Waals surface area contributed by atoms with Crippen LogP contribution in [0.3, 0.4) is 0 Å². The lowest BCUT2D eigenvalue weighted by molar-refractivity contribution is -0.119. The van der Waals surface area contributed by atoms with Crippen molar-refractivity contribution in [1.29, 1.82) is 0 Å². The van der Waals surface area contributed by atoms with Gasteiger partial charge in [0.2, 0.25) is 12.7 Å². The van der Waals surface area contributed by atoms with E-state index in [0.717, 1.165) is 25.0 Å². The van der Waals surface area contributed by atoms with E-state index in [1.807, 2.05) is 12.1 Å². The van der Waals surface area contributed by atoms with E-state index in [-0.39, 0.29) is 42.6 Å². The molecule has 1 aromatic heterocycles. The highest BCUT2D eigenvalue weighted by molar-refractivity contribution is 7.99. The number of rotatable bonds is 11. The first kappa shape index (κ1) is 27.0. The molecule has 1 saturated heterocycles. The number of aromatic nitrogens is 2. The fourth-order valence-corrected chi connectivity index (χ4v) is 5.22. The number of hydrogen-bond donors (Lipinski definition) is 2. The average Bonchev–Trinajstić information content (AvgIpc) is 3.64. The molecule has 2 amide bonds. The van der Waals surface area contributed by atoms with Crippen LogP contribution >= 0.6 is 11.8 Å². The molecule has 1 atom stereocenters. The van der Waals surface area contributed by atoms with Gasteiger partial charge in [-0.2, -0.15) is 0 Å². The van der Waals surface area contributed by atoms with Crippen LogP contribution in [0, 0.1) is 0 Å². The van der Waals surface area contributed by atoms with Gasteiger partial charge in [0, 0.05) is 32.4 Å². The first-order chi connectivity index (χ1) is 19.0. The minimum Gasteiger partial charge on any atom is -0.454 e. The molecule has 11 nitrogen and oxygen atoms in total. The topological polar surface area (TPSA) is 130 Å². The zero-order valence-electron chi connectivity index (χ0n) is 21.6. The number of carbonyl (C=O) groups excluding carboxylic acids is 2. The Labute approximate surface area is 229 Å². The van der Waals surface area contributed by atoms with Crippen LogP contribution in [0.1, 0.15) is 28.8 Å². The van der Waals surface area contributed by atoms with Gasteiger partial charge in [-0.25, -0.2) is 4.98 Å². The number of hydrogen-bond acceptors (Lipinski definition) is 9. The van der Waals surface area contributed by atoms with Crippen molar-refractivity contribution in [3.8, 4) is 11.5 Å². The number of fused-ring (bicyclic) bond motifs is 2. The first-order valence-electron chi connectivity index (χ1n) is 12.7. The normalized spacial score (nSPS) is 16.0. The van der Waals surface area contributed by atoms with Crippen LogP contribution in [0.5, 0.6) is 11.5 Å². The molecule has 206 valence electrons. The van der Waals surface area contributed by atoms with Crippen molar-refractivity contribution in [3.05, 3.63) is 57.9 Å². The lowest BCUT2D eigenvalue weighted by Gasteiger charge is -2.15. The molecule has 2 aromatic carbocycles. The van der Waals surface area contributed by atoms with Crippen molar-refractivity contribution >= 4 is 34.5 Å². The molecule has 2 aliphatic heterocycles. The Balaban J connectivity index is 1.41. The van der Waals surface area contributed by atoms with E-state index in [2.05, 4.69) is 10.6 Å². The highest BCUT2D eigenvalue weighted by Crippen LogP contribution is 2.33. The summed E-state index contributed by atoms with van der Waals surface area (Å²) >= 11 is 1.17. The van der Waals surface area contributed by atoms with Gasteiger partial charge in [0.1, 0.15) is 0 Å². The van der Waals surface area contributed by atoms with Gasteiger partial charge in [-0.05, 0) is 48.7 Å². The maximum Gasteiger partial charge on any atom is 0.262 e. The van der Waals surface area contributed by atoms with E-state index < -0.39 is 0 Å². The minimum absolute atomic E-state index is 0.0374. The van der Waals surface area contributed by atoms with Gasteiger partial charge in [0.15, 0.2) is 16.7 Å². The number of amides is 2. The Morgan fingerprint density at radius 3 is 2.85 bits per heavy atom. The van der Waals surface area contributed by atoms with E-state index in [9.17, 15) is 14.4 Å². The number of nitrogens with one attached hydrogen (secondary N) is 2. The fourth-order valence-electron chi connectivity index (χ4n) is 4.40. The smallest absolute Gasteiger partial charge is 0.262 e. The molecule has 1 fully saturated rings. The second-order valence-electron chi connectivity index (χ2n) is 9.18. The third kappa shape index (κ3) is 6.52. The summed E-state index contributed by atoms with van der Waals surface area (Å²) in [4.78, 5) is 43.5. The first-order valence-corrected chi connectivity index (χ1v) is 13.7. The van der Waals surface area contributed by atoms with Crippen molar-refractivity contribution in [1.82, 2.24) is 20.2 Å². The highest BCUT2D eigenvalue weighted by Gasteiger charge is 2.19. The van der Waals surface area contributed by atoms with Crippen molar-refractivity contribution in [2.24, 2.45) is 0 Å². The van der Waals surface area contributed by atoms with Crippen molar-refractivity contribution < 1.29 is 28.5 Å². The third-order valence-electron chi connectivity index (χ3n) is 6.44. The molecule has 0 bridgehead atoms. The van der Waals surface area contributed by atoms with Gasteiger partial charge >= 0.3 is 0 Å². The molecule has 0 unspecified atom stereocenters. The van der Waals surface area contributed by atoms with Crippen molar-refractivity contribution in [2.75, 3.05) is 46.0 Å². The summed E-state index contributed by atoms with van der Waals surface area (Å²) < 4.78 is 23.0. The molecule has 0 spiro atoms. The van der Waals surface area contributed by atoms with Crippen LogP contribution in [0.25, 0.3) is 10.9 Å².